The molecule has 1 aromatic carbocycles. The van der Waals surface area contributed by atoms with Gasteiger partial charge in [0.15, 0.2) is 0 Å². The highest BCUT2D eigenvalue weighted by molar-refractivity contribution is 5.82. The summed E-state index contributed by atoms with van der Waals surface area (Å²) in [5.41, 5.74) is 0.952. The molecular weight excluding hydrogens is 250 g/mol. The summed E-state index contributed by atoms with van der Waals surface area (Å²) in [4.78, 5) is 14.4. The van der Waals surface area contributed by atoms with Gasteiger partial charge in [-0.05, 0) is 18.1 Å². The maximum Gasteiger partial charge on any atom is 0.238 e. The van der Waals surface area contributed by atoms with Crippen molar-refractivity contribution < 1.29 is 9.53 Å². The lowest BCUT2D eigenvalue weighted by molar-refractivity contribution is -0.138. The number of carbonyl (C=O) groups is 1. The first-order valence-electron chi connectivity index (χ1n) is 7.11. The zero-order valence-corrected chi connectivity index (χ0v) is 12.1. The van der Waals surface area contributed by atoms with Crippen LogP contribution in [0.3, 0.4) is 0 Å². The van der Waals surface area contributed by atoms with E-state index in [9.17, 15) is 4.79 Å². The molecule has 0 saturated carbocycles. The molecule has 1 fully saturated rings. The number of hydrogen-bond acceptors (Lipinski definition) is 2. The second kappa shape index (κ2) is 7.12. The first-order valence-corrected chi connectivity index (χ1v) is 7.11. The summed E-state index contributed by atoms with van der Waals surface area (Å²) in [6, 6.07) is 9.80. The maximum absolute atomic E-state index is 12.5. The molecule has 1 heterocycles. The minimum Gasteiger partial charge on any atom is -0.378 e. The van der Waals surface area contributed by atoms with Crippen LogP contribution in [-0.2, 0) is 9.53 Å². The lowest BCUT2D eigenvalue weighted by Gasteiger charge is -2.30. The van der Waals surface area contributed by atoms with Gasteiger partial charge in [-0.25, -0.2) is 0 Å². The third kappa shape index (κ3) is 3.85. The Kier molecular flexibility index (Phi) is 5.20. The second-order valence-corrected chi connectivity index (χ2v) is 5.29. The van der Waals surface area contributed by atoms with Crippen LogP contribution in [0.25, 0.3) is 0 Å². The smallest absolute Gasteiger partial charge is 0.238 e. The molecule has 1 saturated heterocycles. The molecule has 3 nitrogen and oxygen atoms in total. The van der Waals surface area contributed by atoms with Crippen molar-refractivity contribution in [1.29, 1.82) is 0 Å². The van der Waals surface area contributed by atoms with E-state index in [1.165, 1.54) is 0 Å². The fourth-order valence-corrected chi connectivity index (χ4v) is 2.18. The van der Waals surface area contributed by atoms with Crippen LogP contribution in [0.15, 0.2) is 30.3 Å². The van der Waals surface area contributed by atoms with Crippen molar-refractivity contribution in [2.24, 2.45) is 11.8 Å². The number of amides is 1. The number of ether oxygens (including phenoxy) is 1. The third-order valence-corrected chi connectivity index (χ3v) is 3.40. The first kappa shape index (κ1) is 14.6. The van der Waals surface area contributed by atoms with Crippen LogP contribution in [0.5, 0.6) is 0 Å². The van der Waals surface area contributed by atoms with Crippen LogP contribution < -0.4 is 0 Å². The topological polar surface area (TPSA) is 29.5 Å². The Hall–Kier alpha value is -1.79. The van der Waals surface area contributed by atoms with Gasteiger partial charge in [0, 0.05) is 18.7 Å². The molecule has 1 atom stereocenters. The predicted octanol–water partition coefficient (Wildman–Crippen LogP) is 2.17. The van der Waals surface area contributed by atoms with E-state index >= 15 is 0 Å². The quantitative estimate of drug-likeness (QED) is 0.772. The normalized spacial score (nSPS) is 16.4. The van der Waals surface area contributed by atoms with E-state index in [4.69, 9.17) is 4.74 Å². The molecule has 1 aromatic rings. The number of carbonyl (C=O) groups excluding carboxylic acids is 1. The Labute approximate surface area is 120 Å². The molecule has 2 rings (SSSR count). The number of nitrogens with zero attached hydrogens (tertiary/aromatic N) is 1. The second-order valence-electron chi connectivity index (χ2n) is 5.29. The van der Waals surface area contributed by atoms with Gasteiger partial charge >= 0.3 is 0 Å². The van der Waals surface area contributed by atoms with E-state index < -0.39 is 0 Å². The summed E-state index contributed by atoms with van der Waals surface area (Å²) in [7, 11) is 0. The number of hydrogen-bond donors (Lipinski definition) is 0. The summed E-state index contributed by atoms with van der Waals surface area (Å²) in [6.45, 7) is 6.70. The van der Waals surface area contributed by atoms with Gasteiger partial charge in [0.25, 0.3) is 0 Å². The van der Waals surface area contributed by atoms with Crippen LogP contribution in [0.4, 0.5) is 0 Å². The van der Waals surface area contributed by atoms with Gasteiger partial charge in [0.1, 0.15) is 5.92 Å². The van der Waals surface area contributed by atoms with E-state index in [1.807, 2.05) is 49.1 Å². The van der Waals surface area contributed by atoms with E-state index in [-0.39, 0.29) is 17.7 Å². The van der Waals surface area contributed by atoms with Gasteiger partial charge in [-0.1, -0.05) is 43.9 Å². The molecule has 0 aromatic heterocycles. The molecule has 106 valence electrons. The van der Waals surface area contributed by atoms with Crippen molar-refractivity contribution in [2.45, 2.75) is 13.8 Å². The Morgan fingerprint density at radius 1 is 1.20 bits per heavy atom. The van der Waals surface area contributed by atoms with Crippen molar-refractivity contribution in [2.75, 3.05) is 26.3 Å². The van der Waals surface area contributed by atoms with Crippen molar-refractivity contribution in [3.63, 3.8) is 0 Å². The van der Waals surface area contributed by atoms with Crippen LogP contribution in [0.1, 0.15) is 19.4 Å². The Morgan fingerprint density at radius 2 is 1.85 bits per heavy atom. The average Bonchev–Trinajstić information content (AvgIpc) is 2.49. The standard InChI is InChI=1S/C17H21NO2/c1-14(2)16(9-8-15-6-4-3-5-7-15)17(19)18-10-12-20-13-11-18/h3-7,14,16H,10-13H2,1-2H3. The van der Waals surface area contributed by atoms with Gasteiger partial charge in [0.2, 0.25) is 5.91 Å². The highest BCUT2D eigenvalue weighted by atomic mass is 16.5. The summed E-state index contributed by atoms with van der Waals surface area (Å²) in [5.74, 6) is 6.37. The summed E-state index contributed by atoms with van der Waals surface area (Å²) >= 11 is 0. The molecular formula is C17H21NO2. The van der Waals surface area contributed by atoms with Crippen LogP contribution in [-0.4, -0.2) is 37.1 Å². The number of morpholine rings is 1. The van der Waals surface area contributed by atoms with Crippen LogP contribution in [0.2, 0.25) is 0 Å². The molecule has 20 heavy (non-hydrogen) atoms. The zero-order valence-electron chi connectivity index (χ0n) is 12.1. The fraction of sp³-hybridized carbons (Fsp3) is 0.471. The maximum atomic E-state index is 12.5. The largest absolute Gasteiger partial charge is 0.378 e. The van der Waals surface area contributed by atoms with Gasteiger partial charge < -0.3 is 9.64 Å². The van der Waals surface area contributed by atoms with E-state index in [2.05, 4.69) is 11.8 Å². The van der Waals surface area contributed by atoms with E-state index in [1.54, 1.807) is 0 Å². The van der Waals surface area contributed by atoms with Crippen LogP contribution >= 0.6 is 0 Å². The lowest BCUT2D eigenvalue weighted by Crippen LogP contribution is -2.44. The average molecular weight is 271 g/mol. The molecule has 0 radical (unpaired) electrons. The lowest BCUT2D eigenvalue weighted by atomic mass is 9.94. The van der Waals surface area contributed by atoms with Crippen molar-refractivity contribution in [3.05, 3.63) is 35.9 Å². The van der Waals surface area contributed by atoms with Crippen molar-refractivity contribution in [1.82, 2.24) is 4.90 Å². The molecule has 0 N–H and O–H groups in total. The number of benzene rings is 1. The molecule has 1 aliphatic rings. The molecule has 0 spiro atoms. The zero-order chi connectivity index (χ0) is 14.4. The fourth-order valence-electron chi connectivity index (χ4n) is 2.18. The first-order chi connectivity index (χ1) is 9.68. The SMILES string of the molecule is CC(C)C(C#Cc1ccccc1)C(=O)N1CCOCC1. The summed E-state index contributed by atoms with van der Waals surface area (Å²) in [5, 5.41) is 0. The van der Waals surface area contributed by atoms with E-state index in [0.717, 1.165) is 5.56 Å². The molecule has 1 unspecified atom stereocenters. The predicted molar refractivity (Wildman–Crippen MR) is 79.0 cm³/mol. The summed E-state index contributed by atoms with van der Waals surface area (Å²) in [6.07, 6.45) is 0. The highest BCUT2D eigenvalue weighted by Crippen LogP contribution is 2.15. The van der Waals surface area contributed by atoms with E-state index in [0.29, 0.717) is 26.3 Å². The monoisotopic (exact) mass is 271 g/mol. The molecule has 1 amide bonds. The van der Waals surface area contributed by atoms with Gasteiger partial charge in [0.05, 0.1) is 13.2 Å². The van der Waals surface area contributed by atoms with Crippen molar-refractivity contribution >= 4 is 5.91 Å². The number of rotatable bonds is 2. The van der Waals surface area contributed by atoms with Gasteiger partial charge in [-0.3, -0.25) is 4.79 Å². The Bertz CT molecular complexity index is 493. The minimum absolute atomic E-state index is 0.131. The van der Waals surface area contributed by atoms with Gasteiger partial charge in [-0.15, -0.1) is 0 Å². The third-order valence-electron chi connectivity index (χ3n) is 3.40. The molecule has 3 heteroatoms. The molecule has 0 bridgehead atoms. The molecule has 0 aliphatic carbocycles. The summed E-state index contributed by atoms with van der Waals surface area (Å²) < 4.78 is 5.29. The van der Waals surface area contributed by atoms with Crippen molar-refractivity contribution in [3.8, 4) is 11.8 Å². The van der Waals surface area contributed by atoms with Gasteiger partial charge in [-0.2, -0.15) is 0 Å². The Morgan fingerprint density at radius 3 is 2.45 bits per heavy atom. The molecule has 1 aliphatic heterocycles. The Balaban J connectivity index is 2.11. The highest BCUT2D eigenvalue weighted by Gasteiger charge is 2.26. The minimum atomic E-state index is -0.242. The van der Waals surface area contributed by atoms with Crippen LogP contribution in [0, 0.1) is 23.7 Å².